The van der Waals surface area contributed by atoms with Gasteiger partial charge < -0.3 is 20.7 Å². The van der Waals surface area contributed by atoms with Crippen molar-refractivity contribution in [2.75, 3.05) is 18.5 Å². The Hall–Kier alpha value is -2.45. The van der Waals surface area contributed by atoms with Crippen LogP contribution in [0, 0.1) is 0 Å². The van der Waals surface area contributed by atoms with Crippen LogP contribution in [0.15, 0.2) is 18.2 Å². The van der Waals surface area contributed by atoms with E-state index < -0.39 is 17.8 Å². The molecule has 1 aliphatic heterocycles. The first kappa shape index (κ1) is 17.9. The summed E-state index contributed by atoms with van der Waals surface area (Å²) in [6.45, 7) is 2.22. The maximum Gasteiger partial charge on any atom is 0.416 e. The molecule has 0 spiro atoms. The van der Waals surface area contributed by atoms with Crippen molar-refractivity contribution in [1.29, 1.82) is 0 Å². The third kappa shape index (κ3) is 4.77. The number of rotatable bonds is 4. The Morgan fingerprint density at radius 3 is 2.75 bits per heavy atom. The average Bonchev–Trinajstić information content (AvgIpc) is 2.50. The predicted octanol–water partition coefficient (Wildman–Crippen LogP) is 2.50. The zero-order valence-corrected chi connectivity index (χ0v) is 13.0. The number of urea groups is 1. The number of benzene rings is 1. The molecule has 24 heavy (non-hydrogen) atoms. The first-order valence-corrected chi connectivity index (χ1v) is 7.48. The number of nitrogens with one attached hydrogen (secondary N) is 3. The summed E-state index contributed by atoms with van der Waals surface area (Å²) in [6, 6.07) is 1.96. The molecule has 0 aromatic heterocycles. The summed E-state index contributed by atoms with van der Waals surface area (Å²) < 4.78 is 43.7. The zero-order chi connectivity index (χ0) is 17.7. The number of halogens is 3. The van der Waals surface area contributed by atoms with E-state index in [-0.39, 0.29) is 36.5 Å². The molecule has 132 valence electrons. The van der Waals surface area contributed by atoms with Crippen LogP contribution < -0.4 is 20.7 Å². The van der Waals surface area contributed by atoms with E-state index in [2.05, 4.69) is 16.0 Å². The molecule has 1 fully saturated rings. The molecule has 1 aromatic rings. The highest BCUT2D eigenvalue weighted by atomic mass is 19.4. The van der Waals surface area contributed by atoms with Crippen molar-refractivity contribution in [3.8, 4) is 5.75 Å². The van der Waals surface area contributed by atoms with Gasteiger partial charge in [-0.3, -0.25) is 4.79 Å². The van der Waals surface area contributed by atoms with Crippen molar-refractivity contribution in [2.45, 2.75) is 32.0 Å². The van der Waals surface area contributed by atoms with Gasteiger partial charge in [-0.1, -0.05) is 0 Å². The Morgan fingerprint density at radius 1 is 1.42 bits per heavy atom. The van der Waals surface area contributed by atoms with Gasteiger partial charge in [-0.2, -0.15) is 13.2 Å². The van der Waals surface area contributed by atoms with Gasteiger partial charge in [-0.15, -0.1) is 0 Å². The normalized spacial score (nSPS) is 17.8. The molecule has 0 radical (unpaired) electrons. The lowest BCUT2D eigenvalue weighted by Gasteiger charge is -2.24. The third-order valence-corrected chi connectivity index (χ3v) is 3.46. The predicted molar refractivity (Wildman–Crippen MR) is 80.8 cm³/mol. The van der Waals surface area contributed by atoms with Gasteiger partial charge in [0.05, 0.1) is 17.9 Å². The molecule has 3 amide bonds. The second kappa shape index (κ2) is 7.41. The second-order valence-electron chi connectivity index (χ2n) is 5.28. The third-order valence-electron chi connectivity index (χ3n) is 3.46. The van der Waals surface area contributed by atoms with E-state index in [1.165, 1.54) is 6.07 Å². The van der Waals surface area contributed by atoms with Gasteiger partial charge in [-0.05, 0) is 31.5 Å². The Morgan fingerprint density at radius 2 is 2.17 bits per heavy atom. The molecule has 3 N–H and O–H groups in total. The first-order chi connectivity index (χ1) is 11.3. The van der Waals surface area contributed by atoms with E-state index in [4.69, 9.17) is 4.74 Å². The minimum atomic E-state index is -4.52. The van der Waals surface area contributed by atoms with Gasteiger partial charge in [0, 0.05) is 19.0 Å². The summed E-state index contributed by atoms with van der Waals surface area (Å²) in [5.41, 5.74) is -0.949. The number of carbonyl (C=O) groups is 2. The molecule has 2 rings (SSSR count). The number of anilines is 1. The summed E-state index contributed by atoms with van der Waals surface area (Å²) in [5, 5.41) is 7.60. The molecule has 0 saturated carbocycles. The number of hydrogen-bond acceptors (Lipinski definition) is 3. The molecular formula is C15H18F3N3O3. The largest absolute Gasteiger partial charge is 0.492 e. The van der Waals surface area contributed by atoms with Crippen LogP contribution in [0.2, 0.25) is 0 Å². The molecule has 6 nitrogen and oxygen atoms in total. The Bertz CT molecular complexity index is 610. The Kier molecular flexibility index (Phi) is 5.53. The highest BCUT2D eigenvalue weighted by Crippen LogP contribution is 2.35. The van der Waals surface area contributed by atoms with E-state index in [0.717, 1.165) is 12.1 Å². The summed E-state index contributed by atoms with van der Waals surface area (Å²) in [6.07, 6.45) is -3.76. The van der Waals surface area contributed by atoms with Crippen molar-refractivity contribution in [1.82, 2.24) is 10.6 Å². The number of piperidine rings is 1. The molecule has 1 atom stereocenters. The fourth-order valence-electron chi connectivity index (χ4n) is 2.29. The lowest BCUT2D eigenvalue weighted by molar-refractivity contribution is -0.137. The minimum Gasteiger partial charge on any atom is -0.492 e. The lowest BCUT2D eigenvalue weighted by atomic mass is 10.1. The Balaban J connectivity index is 2.08. The fraction of sp³-hybridized carbons (Fsp3) is 0.467. The molecule has 0 aliphatic carbocycles. The van der Waals surface area contributed by atoms with E-state index in [1.54, 1.807) is 6.92 Å². The molecule has 0 unspecified atom stereocenters. The van der Waals surface area contributed by atoms with E-state index in [0.29, 0.717) is 12.8 Å². The van der Waals surface area contributed by atoms with Crippen LogP contribution in [0.5, 0.6) is 5.75 Å². The molecular weight excluding hydrogens is 327 g/mol. The minimum absolute atomic E-state index is 0.0657. The van der Waals surface area contributed by atoms with Crippen molar-refractivity contribution < 1.29 is 27.5 Å². The van der Waals surface area contributed by atoms with E-state index >= 15 is 0 Å². The topological polar surface area (TPSA) is 79.5 Å². The van der Waals surface area contributed by atoms with Crippen molar-refractivity contribution in [2.24, 2.45) is 0 Å². The van der Waals surface area contributed by atoms with Crippen molar-refractivity contribution in [3.63, 3.8) is 0 Å². The van der Waals surface area contributed by atoms with Gasteiger partial charge in [0.1, 0.15) is 5.75 Å². The molecule has 1 saturated heterocycles. The van der Waals surface area contributed by atoms with Crippen molar-refractivity contribution >= 4 is 17.6 Å². The van der Waals surface area contributed by atoms with Crippen LogP contribution in [-0.4, -0.2) is 31.1 Å². The lowest BCUT2D eigenvalue weighted by Crippen LogP contribution is -2.48. The quantitative estimate of drug-likeness (QED) is 0.784. The molecule has 1 heterocycles. The average molecular weight is 345 g/mol. The van der Waals surface area contributed by atoms with Crippen LogP contribution in [0.25, 0.3) is 0 Å². The number of ether oxygens (including phenoxy) is 1. The number of carbonyl (C=O) groups excluding carboxylic acids is 2. The van der Waals surface area contributed by atoms with E-state index in [9.17, 15) is 22.8 Å². The van der Waals surface area contributed by atoms with Gasteiger partial charge >= 0.3 is 12.2 Å². The standard InChI is InChI=1S/C15H18F3N3O3/c1-2-24-12-5-3-9(15(16,17)18)7-11(12)21-14(23)20-10-4-6-13(22)19-8-10/h3,5,7,10H,2,4,6,8H2,1H3,(H,19,22)(H2,20,21,23)/t10-/m0/s1. The Labute approximate surface area is 136 Å². The zero-order valence-electron chi connectivity index (χ0n) is 13.0. The molecule has 1 aromatic carbocycles. The summed E-state index contributed by atoms with van der Waals surface area (Å²) in [4.78, 5) is 23.1. The van der Waals surface area contributed by atoms with Gasteiger partial charge in [-0.25, -0.2) is 4.79 Å². The number of hydrogen-bond donors (Lipinski definition) is 3. The van der Waals surface area contributed by atoms with Crippen LogP contribution in [0.1, 0.15) is 25.3 Å². The van der Waals surface area contributed by atoms with Gasteiger partial charge in [0.15, 0.2) is 0 Å². The summed E-state index contributed by atoms with van der Waals surface area (Å²) in [5.74, 6) is 0.0579. The molecule has 0 bridgehead atoms. The monoisotopic (exact) mass is 345 g/mol. The summed E-state index contributed by atoms with van der Waals surface area (Å²) >= 11 is 0. The van der Waals surface area contributed by atoms with Crippen LogP contribution >= 0.6 is 0 Å². The highest BCUT2D eigenvalue weighted by Gasteiger charge is 2.31. The van der Waals surface area contributed by atoms with Crippen molar-refractivity contribution in [3.05, 3.63) is 23.8 Å². The van der Waals surface area contributed by atoms with Gasteiger partial charge in [0.2, 0.25) is 5.91 Å². The maximum atomic E-state index is 12.8. The highest BCUT2D eigenvalue weighted by molar-refractivity contribution is 5.91. The summed E-state index contributed by atoms with van der Waals surface area (Å²) in [7, 11) is 0. The van der Waals surface area contributed by atoms with Crippen LogP contribution in [0.4, 0.5) is 23.7 Å². The second-order valence-corrected chi connectivity index (χ2v) is 5.28. The van der Waals surface area contributed by atoms with Crippen LogP contribution in [0.3, 0.4) is 0 Å². The SMILES string of the molecule is CCOc1ccc(C(F)(F)F)cc1NC(=O)N[C@H]1CCC(=O)NC1. The van der Waals surface area contributed by atoms with Crippen LogP contribution in [-0.2, 0) is 11.0 Å². The number of amides is 3. The number of alkyl halides is 3. The smallest absolute Gasteiger partial charge is 0.416 e. The molecule has 9 heteroatoms. The van der Waals surface area contributed by atoms with E-state index in [1.807, 2.05) is 0 Å². The first-order valence-electron chi connectivity index (χ1n) is 7.48. The van der Waals surface area contributed by atoms with Gasteiger partial charge in [0.25, 0.3) is 0 Å². The molecule has 1 aliphatic rings. The maximum absolute atomic E-state index is 12.8. The fourth-order valence-corrected chi connectivity index (χ4v) is 2.29.